The first-order valence-electron chi connectivity index (χ1n) is 5.27. The van der Waals surface area contributed by atoms with Gasteiger partial charge in [0, 0.05) is 9.79 Å². The second-order valence-electron chi connectivity index (χ2n) is 3.81. The van der Waals surface area contributed by atoms with Crippen LogP contribution in [0.15, 0.2) is 70.5 Å². The molecule has 0 aromatic heterocycles. The highest BCUT2D eigenvalue weighted by atomic mass is 32.3. The zero-order chi connectivity index (χ0) is 12.3. The van der Waals surface area contributed by atoms with Gasteiger partial charge in [0.2, 0.25) is 0 Å². The minimum atomic E-state index is -2.00. The first-order valence-corrected chi connectivity index (χ1v) is 7.31. The second kappa shape index (κ2) is 4.63. The van der Waals surface area contributed by atoms with Crippen LogP contribution in [0.1, 0.15) is 0 Å². The quantitative estimate of drug-likeness (QED) is 0.861. The van der Waals surface area contributed by atoms with E-state index in [2.05, 4.69) is 0 Å². The van der Waals surface area contributed by atoms with E-state index in [0.29, 0.717) is 0 Å². The van der Waals surface area contributed by atoms with Crippen molar-refractivity contribution < 1.29 is 9.90 Å². The van der Waals surface area contributed by atoms with Gasteiger partial charge in [-0.25, -0.2) is 4.79 Å². The van der Waals surface area contributed by atoms with Crippen LogP contribution in [-0.2, 0) is 0 Å². The molecule has 3 heteroatoms. The first-order chi connectivity index (χ1) is 8.15. The third-order valence-corrected chi connectivity index (χ3v) is 5.91. The SMILES string of the molecule is CS(C(=O)O)(c1ccccc1)c1ccccc1. The second-order valence-corrected chi connectivity index (χ2v) is 6.94. The lowest BCUT2D eigenvalue weighted by molar-refractivity contribution is 0.221. The molecular weight excluding hydrogens is 232 g/mol. The topological polar surface area (TPSA) is 37.3 Å². The lowest BCUT2D eigenvalue weighted by Crippen LogP contribution is -2.09. The van der Waals surface area contributed by atoms with Gasteiger partial charge in [-0.1, -0.05) is 46.4 Å². The average molecular weight is 246 g/mol. The highest BCUT2D eigenvalue weighted by Crippen LogP contribution is 2.59. The fourth-order valence-electron chi connectivity index (χ4n) is 1.72. The van der Waals surface area contributed by atoms with Crippen molar-refractivity contribution in [2.75, 3.05) is 6.26 Å². The summed E-state index contributed by atoms with van der Waals surface area (Å²) in [7, 11) is -2.00. The lowest BCUT2D eigenvalue weighted by Gasteiger charge is -2.31. The van der Waals surface area contributed by atoms with Crippen molar-refractivity contribution in [1.82, 2.24) is 0 Å². The predicted octanol–water partition coefficient (Wildman–Crippen LogP) is 4.22. The Kier molecular flexibility index (Phi) is 3.20. The molecule has 0 aliphatic heterocycles. The largest absolute Gasteiger partial charge is 0.474 e. The van der Waals surface area contributed by atoms with Gasteiger partial charge in [0.25, 0.3) is 0 Å². The molecule has 0 heterocycles. The third kappa shape index (κ3) is 2.06. The van der Waals surface area contributed by atoms with Crippen LogP contribution in [0.25, 0.3) is 0 Å². The van der Waals surface area contributed by atoms with Crippen molar-refractivity contribution in [2.24, 2.45) is 0 Å². The van der Waals surface area contributed by atoms with Crippen molar-refractivity contribution in [1.29, 1.82) is 0 Å². The molecule has 0 bridgehead atoms. The van der Waals surface area contributed by atoms with Crippen LogP contribution in [0.2, 0.25) is 0 Å². The van der Waals surface area contributed by atoms with E-state index < -0.39 is 15.3 Å². The first kappa shape index (κ1) is 11.7. The molecule has 0 saturated carbocycles. The van der Waals surface area contributed by atoms with E-state index in [0.717, 1.165) is 9.79 Å². The molecule has 0 spiro atoms. The van der Waals surface area contributed by atoms with Gasteiger partial charge < -0.3 is 5.11 Å². The smallest absolute Gasteiger partial charge is 0.355 e. The van der Waals surface area contributed by atoms with E-state index in [1.807, 2.05) is 66.9 Å². The Morgan fingerprint density at radius 3 is 1.53 bits per heavy atom. The highest BCUT2D eigenvalue weighted by Gasteiger charge is 2.30. The Morgan fingerprint density at radius 1 is 0.882 bits per heavy atom. The predicted molar refractivity (Wildman–Crippen MR) is 71.0 cm³/mol. The summed E-state index contributed by atoms with van der Waals surface area (Å²) in [5.41, 5.74) is 0. The monoisotopic (exact) mass is 246 g/mol. The van der Waals surface area contributed by atoms with Crippen LogP contribution in [-0.4, -0.2) is 16.7 Å². The Labute approximate surface area is 102 Å². The molecule has 0 fully saturated rings. The van der Waals surface area contributed by atoms with Gasteiger partial charge in [-0.15, -0.1) is 0 Å². The number of benzene rings is 2. The molecule has 2 aromatic carbocycles. The molecule has 0 radical (unpaired) electrons. The lowest BCUT2D eigenvalue weighted by atomic mass is 10.4. The Hall–Kier alpha value is -1.74. The molecule has 0 saturated heterocycles. The summed E-state index contributed by atoms with van der Waals surface area (Å²) in [6, 6.07) is 18.9. The maximum absolute atomic E-state index is 11.7. The molecule has 2 nitrogen and oxygen atoms in total. The van der Waals surface area contributed by atoms with E-state index in [-0.39, 0.29) is 0 Å². The number of carboxylic acid groups (broad SMARTS) is 1. The van der Waals surface area contributed by atoms with Crippen molar-refractivity contribution in [3.05, 3.63) is 60.7 Å². The standard InChI is InChI=1S/C14H14O2S/c1-17(14(15)16,12-8-4-2-5-9-12)13-10-6-3-7-11-13/h2-11H,1H3,(H,15,16). The maximum atomic E-state index is 11.7. The molecular formula is C14H14O2S. The van der Waals surface area contributed by atoms with Gasteiger partial charge >= 0.3 is 5.30 Å². The molecule has 1 N–H and O–H groups in total. The van der Waals surface area contributed by atoms with Crippen molar-refractivity contribution in [3.8, 4) is 0 Å². The Balaban J connectivity index is 2.59. The van der Waals surface area contributed by atoms with Crippen LogP contribution < -0.4 is 0 Å². The van der Waals surface area contributed by atoms with Gasteiger partial charge in [0.15, 0.2) is 0 Å². The van der Waals surface area contributed by atoms with E-state index in [4.69, 9.17) is 0 Å². The minimum absolute atomic E-state index is 0.755. The molecule has 88 valence electrons. The number of carbonyl (C=O) groups is 1. The van der Waals surface area contributed by atoms with Crippen LogP contribution in [0, 0.1) is 0 Å². The van der Waals surface area contributed by atoms with E-state index in [1.165, 1.54) is 0 Å². The zero-order valence-corrected chi connectivity index (χ0v) is 10.4. The summed E-state index contributed by atoms with van der Waals surface area (Å²) < 4.78 is 0. The van der Waals surface area contributed by atoms with Crippen molar-refractivity contribution in [2.45, 2.75) is 9.79 Å². The zero-order valence-electron chi connectivity index (χ0n) is 9.54. The highest BCUT2D eigenvalue weighted by molar-refractivity contribution is 8.44. The van der Waals surface area contributed by atoms with Crippen LogP contribution >= 0.6 is 10.0 Å². The molecule has 0 atom stereocenters. The third-order valence-electron chi connectivity index (χ3n) is 2.78. The summed E-state index contributed by atoms with van der Waals surface area (Å²) in [6.45, 7) is 0. The van der Waals surface area contributed by atoms with E-state index >= 15 is 0 Å². The molecule has 0 unspecified atom stereocenters. The Morgan fingerprint density at radius 2 is 1.24 bits per heavy atom. The average Bonchev–Trinajstić information content (AvgIpc) is 2.39. The van der Waals surface area contributed by atoms with Crippen molar-refractivity contribution in [3.63, 3.8) is 0 Å². The van der Waals surface area contributed by atoms with Gasteiger partial charge in [0.1, 0.15) is 0 Å². The molecule has 0 aliphatic rings. The molecule has 0 amide bonds. The van der Waals surface area contributed by atoms with Crippen LogP contribution in [0.3, 0.4) is 0 Å². The fraction of sp³-hybridized carbons (Fsp3) is 0.0714. The van der Waals surface area contributed by atoms with E-state index in [1.54, 1.807) is 0 Å². The summed E-state index contributed by atoms with van der Waals surface area (Å²) in [6.07, 6.45) is 1.82. The number of rotatable bonds is 2. The number of hydrogen-bond acceptors (Lipinski definition) is 1. The normalized spacial score (nSPS) is 12.1. The molecule has 2 rings (SSSR count). The Bertz CT molecular complexity index is 469. The van der Waals surface area contributed by atoms with Gasteiger partial charge in [-0.05, 0) is 30.5 Å². The van der Waals surface area contributed by atoms with Crippen LogP contribution in [0.4, 0.5) is 4.79 Å². The minimum Gasteiger partial charge on any atom is -0.474 e. The van der Waals surface area contributed by atoms with Crippen LogP contribution in [0.5, 0.6) is 0 Å². The summed E-state index contributed by atoms with van der Waals surface area (Å²) in [5.74, 6) is 0. The molecule has 2 aromatic rings. The summed E-state index contributed by atoms with van der Waals surface area (Å²) >= 11 is 0. The fourth-order valence-corrected chi connectivity index (χ4v) is 3.80. The van der Waals surface area contributed by atoms with Gasteiger partial charge in [-0.3, -0.25) is 0 Å². The molecule has 0 aliphatic carbocycles. The number of hydrogen-bond donors (Lipinski definition) is 1. The van der Waals surface area contributed by atoms with E-state index in [9.17, 15) is 9.90 Å². The van der Waals surface area contributed by atoms with Crippen molar-refractivity contribution >= 4 is 15.3 Å². The molecule has 17 heavy (non-hydrogen) atoms. The summed E-state index contributed by atoms with van der Waals surface area (Å²) in [5, 5.41) is 8.82. The summed E-state index contributed by atoms with van der Waals surface area (Å²) in [4.78, 5) is 13.4. The van der Waals surface area contributed by atoms with Gasteiger partial charge in [0.05, 0.1) is 0 Å². The maximum Gasteiger partial charge on any atom is 0.355 e. The van der Waals surface area contributed by atoms with Gasteiger partial charge in [-0.2, -0.15) is 0 Å².